The zero-order chi connectivity index (χ0) is 17.8. The van der Waals surface area contributed by atoms with Crippen molar-refractivity contribution in [2.24, 2.45) is 7.05 Å². The molecule has 0 radical (unpaired) electrons. The average Bonchev–Trinajstić information content (AvgIpc) is 3.20. The molecule has 0 bridgehead atoms. The highest BCUT2D eigenvalue weighted by Crippen LogP contribution is 2.31. The van der Waals surface area contributed by atoms with Crippen LogP contribution in [0, 0.1) is 6.92 Å². The molecule has 1 fully saturated rings. The number of rotatable bonds is 1. The van der Waals surface area contributed by atoms with Crippen molar-refractivity contribution in [3.63, 3.8) is 0 Å². The Labute approximate surface area is 146 Å². The van der Waals surface area contributed by atoms with Gasteiger partial charge in [0.05, 0.1) is 18.1 Å². The summed E-state index contributed by atoms with van der Waals surface area (Å²) in [7, 11) is 1.45. The summed E-state index contributed by atoms with van der Waals surface area (Å²) < 4.78 is 8.39. The second-order valence-corrected chi connectivity index (χ2v) is 7.50. The number of thiazole rings is 1. The van der Waals surface area contributed by atoms with Crippen LogP contribution in [0.25, 0.3) is 0 Å². The van der Waals surface area contributed by atoms with Crippen LogP contribution in [-0.2, 0) is 24.9 Å². The van der Waals surface area contributed by atoms with Crippen molar-refractivity contribution in [3.05, 3.63) is 42.6 Å². The zero-order valence-electron chi connectivity index (χ0n) is 13.9. The van der Waals surface area contributed by atoms with E-state index in [4.69, 9.17) is 4.74 Å². The van der Waals surface area contributed by atoms with E-state index in [-0.39, 0.29) is 19.1 Å². The Morgan fingerprint density at radius 3 is 2.84 bits per heavy atom. The molecule has 2 aliphatic heterocycles. The lowest BCUT2D eigenvalue weighted by Crippen LogP contribution is -2.53. The number of ether oxygens (including phenoxy) is 1. The third-order valence-electron chi connectivity index (χ3n) is 4.69. The van der Waals surface area contributed by atoms with Crippen LogP contribution in [0.15, 0.2) is 15.0 Å². The van der Waals surface area contributed by atoms with Gasteiger partial charge in [0.2, 0.25) is 0 Å². The largest absolute Gasteiger partial charge is 0.363 e. The lowest BCUT2D eigenvalue weighted by molar-refractivity contribution is -0.0841. The van der Waals surface area contributed by atoms with Crippen molar-refractivity contribution in [2.45, 2.75) is 32.1 Å². The lowest BCUT2D eigenvalue weighted by Gasteiger charge is -2.34. The van der Waals surface area contributed by atoms with Gasteiger partial charge in [-0.05, 0) is 13.3 Å². The summed E-state index contributed by atoms with van der Waals surface area (Å²) in [6, 6.07) is 0. The van der Waals surface area contributed by atoms with Gasteiger partial charge < -0.3 is 9.64 Å². The second-order valence-electron chi connectivity index (χ2n) is 6.44. The number of amides is 1. The summed E-state index contributed by atoms with van der Waals surface area (Å²) in [5, 5.41) is 6.68. The summed E-state index contributed by atoms with van der Waals surface area (Å²) in [5.74, 6) is 0.294. The number of aromatic nitrogens is 4. The predicted molar refractivity (Wildman–Crippen MR) is 88.6 cm³/mol. The average molecular weight is 363 g/mol. The minimum absolute atomic E-state index is 0.134. The number of aryl methyl sites for hydroxylation is 2. The fraction of sp³-hybridized carbons (Fsp3) is 0.533. The van der Waals surface area contributed by atoms with E-state index in [1.54, 1.807) is 10.3 Å². The molecule has 0 aliphatic carbocycles. The van der Waals surface area contributed by atoms with E-state index in [1.165, 1.54) is 23.0 Å². The maximum absolute atomic E-state index is 12.6. The van der Waals surface area contributed by atoms with Gasteiger partial charge in [-0.2, -0.15) is 5.10 Å². The molecule has 1 spiro atoms. The van der Waals surface area contributed by atoms with Gasteiger partial charge >= 0.3 is 11.1 Å². The first-order chi connectivity index (χ1) is 11.9. The molecule has 25 heavy (non-hydrogen) atoms. The van der Waals surface area contributed by atoms with E-state index in [0.717, 1.165) is 9.69 Å². The molecular weight excluding hydrogens is 346 g/mol. The molecule has 1 amide bonds. The summed E-state index contributed by atoms with van der Waals surface area (Å²) in [6.45, 7) is 3.11. The first-order valence-corrected chi connectivity index (χ1v) is 8.79. The third kappa shape index (κ3) is 2.61. The first kappa shape index (κ1) is 16.2. The number of carbonyl (C=O) groups is 1. The van der Waals surface area contributed by atoms with Crippen LogP contribution >= 0.6 is 11.3 Å². The van der Waals surface area contributed by atoms with Crippen molar-refractivity contribution in [3.8, 4) is 0 Å². The van der Waals surface area contributed by atoms with Crippen LogP contribution < -0.4 is 11.1 Å². The van der Waals surface area contributed by atoms with Crippen LogP contribution in [0.2, 0.25) is 0 Å². The molecule has 132 valence electrons. The highest BCUT2D eigenvalue weighted by Gasteiger charge is 2.45. The van der Waals surface area contributed by atoms with Crippen molar-refractivity contribution >= 4 is 17.2 Å². The molecule has 1 saturated heterocycles. The summed E-state index contributed by atoms with van der Waals surface area (Å²) >= 11 is 1.43. The molecule has 10 heteroatoms. The molecule has 2 aliphatic rings. The Morgan fingerprint density at radius 1 is 1.32 bits per heavy atom. The van der Waals surface area contributed by atoms with E-state index in [0.29, 0.717) is 31.0 Å². The van der Waals surface area contributed by atoms with Crippen molar-refractivity contribution in [2.75, 3.05) is 13.1 Å². The Bertz CT molecular complexity index is 977. The van der Waals surface area contributed by atoms with E-state index >= 15 is 0 Å². The Hall–Kier alpha value is -2.33. The molecular formula is C15H17N5O4S. The van der Waals surface area contributed by atoms with E-state index < -0.39 is 16.7 Å². The zero-order valence-corrected chi connectivity index (χ0v) is 14.7. The molecule has 4 rings (SSSR count). The van der Waals surface area contributed by atoms with Crippen molar-refractivity contribution in [1.29, 1.82) is 0 Å². The number of nitrogens with zero attached hydrogens (tertiary/aromatic N) is 5. The van der Waals surface area contributed by atoms with Gasteiger partial charge in [0.25, 0.3) is 5.91 Å². The van der Waals surface area contributed by atoms with Crippen LogP contribution in [0.3, 0.4) is 0 Å². The van der Waals surface area contributed by atoms with Gasteiger partial charge in [-0.3, -0.25) is 19.0 Å². The highest BCUT2D eigenvalue weighted by atomic mass is 32.1. The first-order valence-electron chi connectivity index (χ1n) is 7.91. The van der Waals surface area contributed by atoms with E-state index in [2.05, 4.69) is 10.1 Å². The molecule has 4 heterocycles. The van der Waals surface area contributed by atoms with E-state index in [1.807, 2.05) is 6.92 Å². The predicted octanol–water partition coefficient (Wildman–Crippen LogP) is -0.478. The van der Waals surface area contributed by atoms with Crippen LogP contribution in [0.5, 0.6) is 0 Å². The molecule has 2 aromatic rings. The standard InChI is InChI=1S/C15H17N5O4S/c1-9-16-10(6-25-9)12(21)19-4-3-15(7-19)8-20-11(5-24-15)17-18(2)13(22)14(20)23/h6H,3-5,7-8H2,1-2H3/t15-/m0/s1. The van der Waals surface area contributed by atoms with Crippen LogP contribution in [0.1, 0.15) is 27.7 Å². The number of hydrogen-bond acceptors (Lipinski definition) is 7. The van der Waals surface area contributed by atoms with Gasteiger partial charge in [-0.25, -0.2) is 9.67 Å². The quantitative estimate of drug-likeness (QED) is 0.635. The fourth-order valence-corrected chi connectivity index (χ4v) is 3.94. The van der Waals surface area contributed by atoms with Gasteiger partial charge in [-0.15, -0.1) is 11.3 Å². The van der Waals surface area contributed by atoms with E-state index in [9.17, 15) is 14.4 Å². The highest BCUT2D eigenvalue weighted by molar-refractivity contribution is 7.09. The Balaban J connectivity index is 1.59. The smallest absolute Gasteiger partial charge is 0.332 e. The van der Waals surface area contributed by atoms with Gasteiger partial charge in [0.15, 0.2) is 5.82 Å². The monoisotopic (exact) mass is 363 g/mol. The van der Waals surface area contributed by atoms with Gasteiger partial charge in [-0.1, -0.05) is 0 Å². The minimum atomic E-state index is -0.662. The van der Waals surface area contributed by atoms with Gasteiger partial charge in [0.1, 0.15) is 17.9 Å². The molecule has 9 nitrogen and oxygen atoms in total. The van der Waals surface area contributed by atoms with Crippen LogP contribution in [-0.4, -0.2) is 48.8 Å². The Morgan fingerprint density at radius 2 is 2.12 bits per heavy atom. The third-order valence-corrected chi connectivity index (χ3v) is 5.47. The van der Waals surface area contributed by atoms with Crippen LogP contribution in [0.4, 0.5) is 0 Å². The lowest BCUT2D eigenvalue weighted by atomic mass is 10.0. The van der Waals surface area contributed by atoms with Gasteiger partial charge in [0, 0.05) is 19.0 Å². The summed E-state index contributed by atoms with van der Waals surface area (Å²) in [5.41, 5.74) is -1.49. The molecule has 0 N–H and O–H groups in total. The molecule has 0 saturated carbocycles. The summed E-state index contributed by atoms with van der Waals surface area (Å²) in [4.78, 5) is 42.6. The molecule has 1 atom stereocenters. The molecule has 0 unspecified atom stereocenters. The van der Waals surface area contributed by atoms with Crippen molar-refractivity contribution in [1.82, 2.24) is 24.2 Å². The number of likely N-dealkylation sites (tertiary alicyclic amines) is 1. The maximum atomic E-state index is 12.6. The molecule has 2 aromatic heterocycles. The minimum Gasteiger partial charge on any atom is -0.363 e. The normalized spacial score (nSPS) is 22.4. The second kappa shape index (κ2) is 5.60. The summed E-state index contributed by atoms with van der Waals surface area (Å²) in [6.07, 6.45) is 0.600. The number of carbonyl (C=O) groups excluding carboxylic acids is 1. The topological polar surface area (TPSA) is 99.3 Å². The number of hydrogen-bond donors (Lipinski definition) is 0. The maximum Gasteiger partial charge on any atom is 0.332 e. The fourth-order valence-electron chi connectivity index (χ4n) is 3.35. The SMILES string of the molecule is Cc1nc(C(=O)N2CC[C@]3(C2)Cn2c(nn(C)c(=O)c2=O)CO3)cs1. The Kier molecular flexibility index (Phi) is 3.62. The molecule has 0 aromatic carbocycles. The number of fused-ring (bicyclic) bond motifs is 1. The van der Waals surface area contributed by atoms with Crippen molar-refractivity contribution < 1.29 is 9.53 Å².